The van der Waals surface area contributed by atoms with Crippen LogP contribution in [0.5, 0.6) is 0 Å². The van der Waals surface area contributed by atoms with E-state index in [0.717, 1.165) is 6.54 Å². The summed E-state index contributed by atoms with van der Waals surface area (Å²) >= 11 is 0. The molecule has 1 nitrogen and oxygen atoms in total. The molecule has 1 aromatic carbocycles. The average molecular weight is 275 g/mol. The predicted molar refractivity (Wildman–Crippen MR) is 89.8 cm³/mol. The van der Waals surface area contributed by atoms with Crippen molar-refractivity contribution in [3.05, 3.63) is 35.9 Å². The molecule has 2 atom stereocenters. The van der Waals surface area contributed by atoms with Gasteiger partial charge in [-0.1, -0.05) is 78.8 Å². The highest BCUT2D eigenvalue weighted by Crippen LogP contribution is 2.33. The SMILES string of the molecule is CC(CC(NCc1ccccc1)C(C)(C)C)C(C)(C)C. The van der Waals surface area contributed by atoms with Crippen LogP contribution >= 0.6 is 0 Å². The van der Waals surface area contributed by atoms with Gasteiger partial charge in [-0.3, -0.25) is 0 Å². The van der Waals surface area contributed by atoms with Crippen LogP contribution in [0.4, 0.5) is 0 Å². The van der Waals surface area contributed by atoms with E-state index >= 15 is 0 Å². The van der Waals surface area contributed by atoms with Crippen LogP contribution < -0.4 is 5.32 Å². The second-order valence-electron chi connectivity index (χ2n) is 8.29. The topological polar surface area (TPSA) is 12.0 Å². The minimum Gasteiger partial charge on any atom is -0.309 e. The molecule has 0 radical (unpaired) electrons. The Kier molecular flexibility index (Phi) is 5.82. The Morgan fingerprint density at radius 3 is 1.90 bits per heavy atom. The van der Waals surface area contributed by atoms with Gasteiger partial charge in [0.05, 0.1) is 0 Å². The molecule has 114 valence electrons. The first-order chi connectivity index (χ1) is 9.10. The Balaban J connectivity index is 2.67. The lowest BCUT2D eigenvalue weighted by Crippen LogP contribution is -2.42. The minimum atomic E-state index is 0.286. The maximum Gasteiger partial charge on any atom is 0.0208 e. The van der Waals surface area contributed by atoms with E-state index in [0.29, 0.717) is 17.4 Å². The standard InChI is InChI=1S/C19H33N/c1-15(18(2,3)4)13-17(19(5,6)7)20-14-16-11-9-8-10-12-16/h8-12,15,17,20H,13-14H2,1-7H3. The fourth-order valence-electron chi connectivity index (χ4n) is 2.29. The summed E-state index contributed by atoms with van der Waals surface area (Å²) in [6.45, 7) is 17.4. The van der Waals surface area contributed by atoms with E-state index in [-0.39, 0.29) is 5.41 Å². The second kappa shape index (κ2) is 6.76. The van der Waals surface area contributed by atoms with Crippen LogP contribution in [0.15, 0.2) is 30.3 Å². The first kappa shape index (κ1) is 17.2. The Morgan fingerprint density at radius 2 is 1.45 bits per heavy atom. The molecule has 2 unspecified atom stereocenters. The minimum absolute atomic E-state index is 0.286. The van der Waals surface area contributed by atoms with Crippen LogP contribution in [0, 0.1) is 16.7 Å². The van der Waals surface area contributed by atoms with Gasteiger partial charge in [-0.25, -0.2) is 0 Å². The molecule has 1 heteroatoms. The van der Waals surface area contributed by atoms with Gasteiger partial charge >= 0.3 is 0 Å². The van der Waals surface area contributed by atoms with Gasteiger partial charge in [0.2, 0.25) is 0 Å². The highest BCUT2D eigenvalue weighted by atomic mass is 14.9. The Bertz CT molecular complexity index is 380. The van der Waals surface area contributed by atoms with Crippen molar-refractivity contribution in [2.75, 3.05) is 0 Å². The highest BCUT2D eigenvalue weighted by Gasteiger charge is 2.30. The molecule has 1 aromatic rings. The van der Waals surface area contributed by atoms with Crippen LogP contribution in [0.3, 0.4) is 0 Å². The number of benzene rings is 1. The fraction of sp³-hybridized carbons (Fsp3) is 0.684. The maximum atomic E-state index is 3.78. The summed E-state index contributed by atoms with van der Waals surface area (Å²) in [6, 6.07) is 11.2. The van der Waals surface area contributed by atoms with Crippen LogP contribution in [0.25, 0.3) is 0 Å². The predicted octanol–water partition coefficient (Wildman–Crippen LogP) is 5.26. The molecule has 0 aliphatic carbocycles. The van der Waals surface area contributed by atoms with Crippen molar-refractivity contribution < 1.29 is 0 Å². The summed E-state index contributed by atoms with van der Waals surface area (Å²) in [5, 5.41) is 3.78. The van der Waals surface area contributed by atoms with E-state index in [1.54, 1.807) is 0 Å². The molecule has 0 aliphatic rings. The molecule has 0 aromatic heterocycles. The zero-order valence-electron chi connectivity index (χ0n) is 14.5. The lowest BCUT2D eigenvalue weighted by atomic mass is 9.73. The molecule has 20 heavy (non-hydrogen) atoms. The number of hydrogen-bond donors (Lipinski definition) is 1. The lowest BCUT2D eigenvalue weighted by molar-refractivity contribution is 0.166. The zero-order valence-corrected chi connectivity index (χ0v) is 14.5. The van der Waals surface area contributed by atoms with E-state index in [9.17, 15) is 0 Å². The molecule has 1 rings (SSSR count). The molecule has 0 spiro atoms. The van der Waals surface area contributed by atoms with Crippen molar-refractivity contribution in [1.29, 1.82) is 0 Å². The van der Waals surface area contributed by atoms with Gasteiger partial charge in [-0.2, -0.15) is 0 Å². The monoisotopic (exact) mass is 275 g/mol. The molecular weight excluding hydrogens is 242 g/mol. The van der Waals surface area contributed by atoms with Crippen molar-refractivity contribution in [2.24, 2.45) is 16.7 Å². The normalized spacial score (nSPS) is 15.9. The summed E-state index contributed by atoms with van der Waals surface area (Å²) in [4.78, 5) is 0. The Hall–Kier alpha value is -0.820. The van der Waals surface area contributed by atoms with Crippen LogP contribution in [0.1, 0.15) is 60.5 Å². The van der Waals surface area contributed by atoms with Gasteiger partial charge in [0.25, 0.3) is 0 Å². The highest BCUT2D eigenvalue weighted by molar-refractivity contribution is 5.14. The Morgan fingerprint density at radius 1 is 0.900 bits per heavy atom. The molecule has 0 aliphatic heterocycles. The van der Waals surface area contributed by atoms with E-state index in [1.807, 2.05) is 0 Å². The summed E-state index contributed by atoms with van der Waals surface area (Å²) in [7, 11) is 0. The van der Waals surface area contributed by atoms with Gasteiger partial charge in [0.1, 0.15) is 0 Å². The van der Waals surface area contributed by atoms with Crippen molar-refractivity contribution >= 4 is 0 Å². The van der Waals surface area contributed by atoms with Crippen LogP contribution in [-0.2, 0) is 6.54 Å². The second-order valence-corrected chi connectivity index (χ2v) is 8.29. The number of nitrogens with one attached hydrogen (secondary N) is 1. The summed E-state index contributed by atoms with van der Waals surface area (Å²) in [6.07, 6.45) is 1.22. The molecule has 1 N–H and O–H groups in total. The van der Waals surface area contributed by atoms with Gasteiger partial charge < -0.3 is 5.32 Å². The van der Waals surface area contributed by atoms with Gasteiger partial charge in [0.15, 0.2) is 0 Å². The van der Waals surface area contributed by atoms with Crippen molar-refractivity contribution in [3.63, 3.8) is 0 Å². The van der Waals surface area contributed by atoms with Crippen molar-refractivity contribution in [1.82, 2.24) is 5.32 Å². The smallest absolute Gasteiger partial charge is 0.0208 e. The molecule has 0 saturated heterocycles. The summed E-state index contributed by atoms with van der Waals surface area (Å²) in [5.41, 5.74) is 2.02. The number of hydrogen-bond acceptors (Lipinski definition) is 1. The van der Waals surface area contributed by atoms with Gasteiger partial charge in [-0.05, 0) is 28.7 Å². The summed E-state index contributed by atoms with van der Waals surface area (Å²) < 4.78 is 0. The fourth-order valence-corrected chi connectivity index (χ4v) is 2.29. The molecular formula is C19H33N. The van der Waals surface area contributed by atoms with Crippen LogP contribution in [-0.4, -0.2) is 6.04 Å². The van der Waals surface area contributed by atoms with Gasteiger partial charge in [0, 0.05) is 12.6 Å². The first-order valence-corrected chi connectivity index (χ1v) is 7.88. The first-order valence-electron chi connectivity index (χ1n) is 7.88. The van der Waals surface area contributed by atoms with Gasteiger partial charge in [-0.15, -0.1) is 0 Å². The summed E-state index contributed by atoms with van der Waals surface area (Å²) in [5.74, 6) is 0.704. The third-order valence-electron chi connectivity index (χ3n) is 4.51. The Labute approximate surface area is 126 Å². The average Bonchev–Trinajstić information content (AvgIpc) is 2.32. The third kappa shape index (κ3) is 5.66. The zero-order chi connectivity index (χ0) is 15.4. The molecule has 0 bridgehead atoms. The van der Waals surface area contributed by atoms with Crippen molar-refractivity contribution in [3.8, 4) is 0 Å². The number of rotatable bonds is 5. The molecule has 0 saturated carbocycles. The van der Waals surface area contributed by atoms with Crippen LogP contribution in [0.2, 0.25) is 0 Å². The largest absolute Gasteiger partial charge is 0.309 e. The maximum absolute atomic E-state index is 3.78. The van der Waals surface area contributed by atoms with Crippen molar-refractivity contribution in [2.45, 2.75) is 67.5 Å². The quantitative estimate of drug-likeness (QED) is 0.772. The van der Waals surface area contributed by atoms with E-state index in [1.165, 1.54) is 12.0 Å². The van der Waals surface area contributed by atoms with E-state index in [2.05, 4.69) is 84.1 Å². The lowest BCUT2D eigenvalue weighted by Gasteiger charge is -2.37. The third-order valence-corrected chi connectivity index (χ3v) is 4.51. The molecule has 0 amide bonds. The molecule has 0 heterocycles. The van der Waals surface area contributed by atoms with E-state index in [4.69, 9.17) is 0 Å². The molecule has 0 fully saturated rings. The van der Waals surface area contributed by atoms with E-state index < -0.39 is 0 Å².